The Kier molecular flexibility index (Phi) is 4.97. The Bertz CT molecular complexity index is 812. The summed E-state index contributed by atoms with van der Waals surface area (Å²) in [7, 11) is 0. The van der Waals surface area contributed by atoms with E-state index in [2.05, 4.69) is 10.6 Å². The van der Waals surface area contributed by atoms with E-state index in [1.807, 2.05) is 0 Å². The lowest BCUT2D eigenvalue weighted by Crippen LogP contribution is -2.24. The molecule has 0 bridgehead atoms. The molecule has 0 saturated heterocycles. The fourth-order valence-electron chi connectivity index (χ4n) is 2.43. The van der Waals surface area contributed by atoms with Gasteiger partial charge in [-0.2, -0.15) is 13.2 Å². The van der Waals surface area contributed by atoms with Gasteiger partial charge in [0, 0.05) is 23.7 Å². The molecule has 1 aliphatic carbocycles. The van der Waals surface area contributed by atoms with E-state index in [1.165, 1.54) is 12.1 Å². The average Bonchev–Trinajstić information content (AvgIpc) is 3.45. The van der Waals surface area contributed by atoms with Gasteiger partial charge in [0.1, 0.15) is 0 Å². The molecule has 2 aromatic carbocycles. The zero-order valence-corrected chi connectivity index (χ0v) is 13.8. The van der Waals surface area contributed by atoms with E-state index in [4.69, 9.17) is 0 Å². The predicted octanol–water partition coefficient (Wildman–Crippen LogP) is 3.98. The van der Waals surface area contributed by atoms with Crippen LogP contribution in [0.4, 0.5) is 18.9 Å². The second kappa shape index (κ2) is 7.19. The number of halogens is 3. The molecule has 26 heavy (non-hydrogen) atoms. The lowest BCUT2D eigenvalue weighted by atomic mass is 10.1. The number of nitrogens with one attached hydrogen (secondary N) is 2. The summed E-state index contributed by atoms with van der Waals surface area (Å²) in [4.78, 5) is 23.8. The van der Waals surface area contributed by atoms with Crippen molar-refractivity contribution in [2.24, 2.45) is 5.92 Å². The minimum Gasteiger partial charge on any atom is -0.352 e. The molecule has 0 spiro atoms. The van der Waals surface area contributed by atoms with Gasteiger partial charge in [0.2, 0.25) is 5.91 Å². The molecule has 0 atom stereocenters. The highest BCUT2D eigenvalue weighted by Crippen LogP contribution is 2.31. The first kappa shape index (κ1) is 18.0. The van der Waals surface area contributed by atoms with Crippen LogP contribution in [0.1, 0.15) is 34.3 Å². The van der Waals surface area contributed by atoms with Gasteiger partial charge >= 0.3 is 6.18 Å². The maximum Gasteiger partial charge on any atom is 0.416 e. The number of rotatable bonds is 5. The summed E-state index contributed by atoms with van der Waals surface area (Å²) in [5.41, 5.74) is 0.414. The number of benzene rings is 2. The van der Waals surface area contributed by atoms with E-state index < -0.39 is 17.6 Å². The lowest BCUT2D eigenvalue weighted by molar-refractivity contribution is -0.137. The van der Waals surface area contributed by atoms with Crippen molar-refractivity contribution in [3.8, 4) is 0 Å². The number of carbonyl (C=O) groups is 2. The summed E-state index contributed by atoms with van der Waals surface area (Å²) >= 11 is 0. The first-order valence-electron chi connectivity index (χ1n) is 8.18. The van der Waals surface area contributed by atoms with Crippen LogP contribution < -0.4 is 10.6 Å². The normalized spacial score (nSPS) is 14.0. The van der Waals surface area contributed by atoms with Crippen LogP contribution >= 0.6 is 0 Å². The minimum absolute atomic E-state index is 0.0383. The SMILES string of the molecule is O=C(Nc1cccc(C(F)(F)F)c1)c1ccc(CNC(=O)C2CC2)cc1. The van der Waals surface area contributed by atoms with Crippen molar-refractivity contribution in [2.75, 3.05) is 5.32 Å². The summed E-state index contributed by atoms with van der Waals surface area (Å²) in [6.45, 7) is 0.380. The topological polar surface area (TPSA) is 58.2 Å². The van der Waals surface area contributed by atoms with Crippen LogP contribution in [0, 0.1) is 5.92 Å². The van der Waals surface area contributed by atoms with E-state index in [0.29, 0.717) is 12.1 Å². The molecule has 0 radical (unpaired) electrons. The largest absolute Gasteiger partial charge is 0.416 e. The highest BCUT2D eigenvalue weighted by molar-refractivity contribution is 6.04. The zero-order valence-electron chi connectivity index (χ0n) is 13.8. The van der Waals surface area contributed by atoms with Crippen molar-refractivity contribution < 1.29 is 22.8 Å². The molecule has 0 heterocycles. The number of hydrogen-bond acceptors (Lipinski definition) is 2. The number of alkyl halides is 3. The molecule has 0 aromatic heterocycles. The molecule has 1 fully saturated rings. The zero-order chi connectivity index (χ0) is 18.7. The predicted molar refractivity (Wildman–Crippen MR) is 90.4 cm³/mol. The van der Waals surface area contributed by atoms with Crippen LogP contribution in [-0.2, 0) is 17.5 Å². The third-order valence-electron chi connectivity index (χ3n) is 4.08. The highest BCUT2D eigenvalue weighted by Gasteiger charge is 2.30. The molecule has 2 aromatic rings. The molecule has 1 aliphatic rings. The Morgan fingerprint density at radius 2 is 1.73 bits per heavy atom. The van der Waals surface area contributed by atoms with Crippen molar-refractivity contribution in [1.29, 1.82) is 0 Å². The summed E-state index contributed by atoms with van der Waals surface area (Å²) in [5.74, 6) is -0.332. The van der Waals surface area contributed by atoms with E-state index in [-0.39, 0.29) is 17.5 Å². The van der Waals surface area contributed by atoms with E-state index in [0.717, 1.165) is 30.5 Å². The maximum atomic E-state index is 12.7. The molecule has 1 saturated carbocycles. The number of anilines is 1. The molecule has 136 valence electrons. The van der Waals surface area contributed by atoms with Crippen LogP contribution in [0.3, 0.4) is 0 Å². The van der Waals surface area contributed by atoms with Crippen LogP contribution in [0.25, 0.3) is 0 Å². The number of hydrogen-bond donors (Lipinski definition) is 2. The smallest absolute Gasteiger partial charge is 0.352 e. The van der Waals surface area contributed by atoms with Gasteiger partial charge in [-0.15, -0.1) is 0 Å². The van der Waals surface area contributed by atoms with Crippen molar-refractivity contribution in [3.63, 3.8) is 0 Å². The molecule has 0 unspecified atom stereocenters. The molecule has 2 amide bonds. The molecule has 0 aliphatic heterocycles. The molecule has 3 rings (SSSR count). The molecule has 7 heteroatoms. The third-order valence-corrected chi connectivity index (χ3v) is 4.08. The van der Waals surface area contributed by atoms with Gasteiger partial charge in [0.05, 0.1) is 5.56 Å². The van der Waals surface area contributed by atoms with E-state index in [1.54, 1.807) is 24.3 Å². The first-order valence-corrected chi connectivity index (χ1v) is 8.18. The van der Waals surface area contributed by atoms with Crippen LogP contribution in [0.2, 0.25) is 0 Å². The fraction of sp³-hybridized carbons (Fsp3) is 0.263. The summed E-state index contributed by atoms with van der Waals surface area (Å²) in [6, 6.07) is 11.0. The van der Waals surface area contributed by atoms with Crippen LogP contribution in [-0.4, -0.2) is 11.8 Å². The van der Waals surface area contributed by atoms with Crippen molar-refractivity contribution in [1.82, 2.24) is 5.32 Å². The van der Waals surface area contributed by atoms with Gasteiger partial charge in [-0.05, 0) is 48.7 Å². The van der Waals surface area contributed by atoms with Gasteiger partial charge in [0.15, 0.2) is 0 Å². The van der Waals surface area contributed by atoms with Gasteiger partial charge < -0.3 is 10.6 Å². The Morgan fingerprint density at radius 1 is 1.04 bits per heavy atom. The summed E-state index contributed by atoms with van der Waals surface area (Å²) in [5, 5.41) is 5.28. The second-order valence-corrected chi connectivity index (χ2v) is 6.22. The number of amides is 2. The monoisotopic (exact) mass is 362 g/mol. The Morgan fingerprint density at radius 3 is 2.35 bits per heavy atom. The molecular weight excluding hydrogens is 345 g/mol. The van der Waals surface area contributed by atoms with Crippen molar-refractivity contribution in [2.45, 2.75) is 25.6 Å². The van der Waals surface area contributed by atoms with E-state index in [9.17, 15) is 22.8 Å². The third kappa shape index (κ3) is 4.62. The molecular formula is C19H17F3N2O2. The number of carbonyl (C=O) groups excluding carboxylic acids is 2. The lowest BCUT2D eigenvalue weighted by Gasteiger charge is -2.10. The quantitative estimate of drug-likeness (QED) is 0.845. The average molecular weight is 362 g/mol. The fourth-order valence-corrected chi connectivity index (χ4v) is 2.43. The van der Waals surface area contributed by atoms with Crippen LogP contribution in [0.5, 0.6) is 0 Å². The summed E-state index contributed by atoms with van der Waals surface area (Å²) < 4.78 is 38.1. The minimum atomic E-state index is -4.46. The standard InChI is InChI=1S/C19H17F3N2O2/c20-19(21,22)15-2-1-3-16(10-15)24-18(26)14-6-4-12(5-7-14)11-23-17(25)13-8-9-13/h1-7,10,13H,8-9,11H2,(H,23,25)(H,24,26). The Hall–Kier alpha value is -2.83. The second-order valence-electron chi connectivity index (χ2n) is 6.22. The molecule has 2 N–H and O–H groups in total. The van der Waals surface area contributed by atoms with Crippen LogP contribution in [0.15, 0.2) is 48.5 Å². The Balaban J connectivity index is 1.60. The highest BCUT2D eigenvalue weighted by atomic mass is 19.4. The molecule has 4 nitrogen and oxygen atoms in total. The first-order chi connectivity index (χ1) is 12.3. The van der Waals surface area contributed by atoms with Gasteiger partial charge in [-0.25, -0.2) is 0 Å². The van der Waals surface area contributed by atoms with E-state index >= 15 is 0 Å². The summed E-state index contributed by atoms with van der Waals surface area (Å²) in [6.07, 6.45) is -2.60. The van der Waals surface area contributed by atoms with Crippen molar-refractivity contribution >= 4 is 17.5 Å². The maximum absolute atomic E-state index is 12.7. The van der Waals surface area contributed by atoms with Crippen molar-refractivity contribution in [3.05, 3.63) is 65.2 Å². The Labute approximate surface area is 148 Å². The van der Waals surface area contributed by atoms with Gasteiger partial charge in [0.25, 0.3) is 5.91 Å². The van der Waals surface area contributed by atoms with Gasteiger partial charge in [-0.3, -0.25) is 9.59 Å². The van der Waals surface area contributed by atoms with Gasteiger partial charge in [-0.1, -0.05) is 18.2 Å².